The van der Waals surface area contributed by atoms with Crippen LogP contribution in [0.25, 0.3) is 6.08 Å². The topological polar surface area (TPSA) is 80.5 Å². The Hall–Kier alpha value is -2.41. The zero-order chi connectivity index (χ0) is 18.1. The summed E-state index contributed by atoms with van der Waals surface area (Å²) in [6, 6.07) is 5.81. The number of hydrogen-bond acceptors (Lipinski definition) is 5. The van der Waals surface area contributed by atoms with E-state index >= 15 is 0 Å². The second-order valence-corrected chi connectivity index (χ2v) is 7.56. The van der Waals surface area contributed by atoms with Gasteiger partial charge in [0.1, 0.15) is 5.69 Å². The summed E-state index contributed by atoms with van der Waals surface area (Å²) in [6.45, 7) is 6.93. The quantitative estimate of drug-likeness (QED) is 0.794. The lowest BCUT2D eigenvalue weighted by Crippen LogP contribution is -2.32. The van der Waals surface area contributed by atoms with Crippen LogP contribution in [0.2, 0.25) is 0 Å². The lowest BCUT2D eigenvalue weighted by Gasteiger charge is -2.15. The van der Waals surface area contributed by atoms with Gasteiger partial charge in [-0.15, -0.1) is 0 Å². The predicted molar refractivity (Wildman–Crippen MR) is 90.9 cm³/mol. The molecule has 0 fully saturated rings. The Labute approximate surface area is 141 Å². The number of nitrogens with zero attached hydrogens (tertiary/aromatic N) is 2. The molecule has 0 saturated heterocycles. The number of likely N-dealkylation sites (N-methyl/N-ethyl adjacent to an activating group) is 1. The molecule has 2 rings (SSSR count). The number of carbonyl (C=O) groups excluding carboxylic acids is 1. The van der Waals surface area contributed by atoms with Crippen LogP contribution in [0.1, 0.15) is 28.1 Å². The highest BCUT2D eigenvalue weighted by Crippen LogP contribution is 2.22. The van der Waals surface area contributed by atoms with Gasteiger partial charge in [-0.25, -0.2) is 12.7 Å². The van der Waals surface area contributed by atoms with Crippen molar-refractivity contribution >= 4 is 22.0 Å². The molecule has 0 aliphatic heterocycles. The van der Waals surface area contributed by atoms with Crippen LogP contribution in [-0.4, -0.2) is 30.8 Å². The van der Waals surface area contributed by atoms with Crippen LogP contribution >= 0.6 is 0 Å². The van der Waals surface area contributed by atoms with Gasteiger partial charge in [-0.05, 0) is 44.9 Å². The van der Waals surface area contributed by atoms with Crippen LogP contribution in [0, 0.1) is 27.7 Å². The molecule has 0 spiro atoms. The molecule has 0 unspecified atom stereocenters. The minimum Gasteiger partial charge on any atom is -0.360 e. The molecule has 2 aromatic rings. The van der Waals surface area contributed by atoms with Crippen molar-refractivity contribution in [3.05, 3.63) is 52.4 Å². The summed E-state index contributed by atoms with van der Waals surface area (Å²) >= 11 is 0. The molecule has 1 heterocycles. The molecular formula is C17H20N2O4S. The van der Waals surface area contributed by atoms with Gasteiger partial charge in [-0.2, -0.15) is 0 Å². The van der Waals surface area contributed by atoms with Crippen LogP contribution < -0.4 is 0 Å². The van der Waals surface area contributed by atoms with E-state index in [1.54, 1.807) is 6.08 Å². The van der Waals surface area contributed by atoms with Gasteiger partial charge in [0, 0.05) is 13.1 Å². The van der Waals surface area contributed by atoms with Crippen molar-refractivity contribution in [2.24, 2.45) is 0 Å². The minimum atomic E-state index is -4.00. The monoisotopic (exact) mass is 348 g/mol. The summed E-state index contributed by atoms with van der Waals surface area (Å²) in [5.41, 5.74) is 3.21. The zero-order valence-electron chi connectivity index (χ0n) is 14.3. The van der Waals surface area contributed by atoms with E-state index in [1.807, 2.05) is 32.0 Å². The number of aryl methyl sites for hydroxylation is 4. The van der Waals surface area contributed by atoms with Gasteiger partial charge in [-0.3, -0.25) is 4.79 Å². The van der Waals surface area contributed by atoms with E-state index in [1.165, 1.54) is 27.0 Å². The van der Waals surface area contributed by atoms with Crippen molar-refractivity contribution in [3.8, 4) is 0 Å². The smallest absolute Gasteiger partial charge is 0.271 e. The number of carbonyl (C=O) groups is 1. The van der Waals surface area contributed by atoms with Crippen molar-refractivity contribution in [1.29, 1.82) is 0 Å². The van der Waals surface area contributed by atoms with Gasteiger partial charge in [0.15, 0.2) is 10.7 Å². The molecule has 1 amide bonds. The maximum Gasteiger partial charge on any atom is 0.271 e. The first-order valence-electron chi connectivity index (χ1n) is 7.35. The Kier molecular flexibility index (Phi) is 4.94. The predicted octanol–water partition coefficient (Wildman–Crippen LogP) is 2.77. The standard InChI is InChI=1S/C17H20N2O4S/c1-11-6-7-15(12(2)10-11)8-9-16(20)19(5)24(21,22)17-13(3)18-23-14(17)4/h6-10H,1-5H3/b9-8+. The molecule has 0 bridgehead atoms. The van der Waals surface area contributed by atoms with Crippen molar-refractivity contribution in [1.82, 2.24) is 9.46 Å². The zero-order valence-corrected chi connectivity index (χ0v) is 15.1. The van der Waals surface area contributed by atoms with Crippen molar-refractivity contribution in [2.75, 3.05) is 7.05 Å². The summed E-state index contributed by atoms with van der Waals surface area (Å²) in [6.07, 6.45) is 2.85. The van der Waals surface area contributed by atoms with Gasteiger partial charge in [0.25, 0.3) is 15.9 Å². The number of benzene rings is 1. The molecule has 0 saturated carbocycles. The highest BCUT2D eigenvalue weighted by molar-refractivity contribution is 7.89. The summed E-state index contributed by atoms with van der Waals surface area (Å²) < 4.78 is 30.7. The number of rotatable bonds is 4. The Balaban J connectivity index is 2.28. The average Bonchev–Trinajstić information content (AvgIpc) is 2.84. The molecule has 0 N–H and O–H groups in total. The molecule has 1 aromatic carbocycles. The van der Waals surface area contributed by atoms with Crippen LogP contribution in [0.5, 0.6) is 0 Å². The van der Waals surface area contributed by atoms with E-state index in [4.69, 9.17) is 4.52 Å². The third-order valence-corrected chi connectivity index (χ3v) is 5.73. The average molecular weight is 348 g/mol. The van der Waals surface area contributed by atoms with Gasteiger partial charge < -0.3 is 4.52 Å². The van der Waals surface area contributed by atoms with Crippen molar-refractivity contribution < 1.29 is 17.7 Å². The molecule has 7 heteroatoms. The molecular weight excluding hydrogens is 328 g/mol. The van der Waals surface area contributed by atoms with Crippen LogP contribution in [0.4, 0.5) is 0 Å². The molecule has 128 valence electrons. The lowest BCUT2D eigenvalue weighted by atomic mass is 10.1. The van der Waals surface area contributed by atoms with E-state index in [9.17, 15) is 13.2 Å². The Morgan fingerprint density at radius 2 is 1.88 bits per heavy atom. The largest absolute Gasteiger partial charge is 0.360 e. The van der Waals surface area contributed by atoms with Crippen LogP contribution in [0.3, 0.4) is 0 Å². The minimum absolute atomic E-state index is 0.0710. The summed E-state index contributed by atoms with van der Waals surface area (Å²) in [5, 5.41) is 3.63. The van der Waals surface area contributed by atoms with Gasteiger partial charge in [-0.1, -0.05) is 28.9 Å². The van der Waals surface area contributed by atoms with E-state index in [0.29, 0.717) is 4.31 Å². The molecule has 24 heavy (non-hydrogen) atoms. The van der Waals surface area contributed by atoms with Crippen molar-refractivity contribution in [3.63, 3.8) is 0 Å². The fourth-order valence-corrected chi connectivity index (χ4v) is 3.76. The first-order chi connectivity index (χ1) is 11.1. The first kappa shape index (κ1) is 17.9. The van der Waals surface area contributed by atoms with E-state index in [-0.39, 0.29) is 16.3 Å². The molecule has 6 nitrogen and oxygen atoms in total. The second kappa shape index (κ2) is 6.60. The van der Waals surface area contributed by atoms with Gasteiger partial charge in [0.05, 0.1) is 0 Å². The van der Waals surface area contributed by atoms with Gasteiger partial charge in [0.2, 0.25) is 0 Å². The number of hydrogen-bond donors (Lipinski definition) is 0. The fraction of sp³-hybridized carbons (Fsp3) is 0.294. The number of aromatic nitrogens is 1. The molecule has 1 aromatic heterocycles. The summed E-state index contributed by atoms with van der Waals surface area (Å²) in [4.78, 5) is 12.2. The fourth-order valence-electron chi connectivity index (χ4n) is 2.38. The summed E-state index contributed by atoms with van der Waals surface area (Å²) in [7, 11) is -2.78. The molecule has 0 aliphatic carbocycles. The highest BCUT2D eigenvalue weighted by atomic mass is 32.2. The number of sulfonamides is 1. The summed E-state index contributed by atoms with van der Waals surface area (Å²) in [5.74, 6) is -0.486. The van der Waals surface area contributed by atoms with Crippen molar-refractivity contribution in [2.45, 2.75) is 32.6 Å². The molecule has 0 atom stereocenters. The number of amides is 1. The lowest BCUT2D eigenvalue weighted by molar-refractivity contribution is -0.120. The third-order valence-electron chi connectivity index (χ3n) is 3.73. The Morgan fingerprint density at radius 3 is 2.42 bits per heavy atom. The Bertz CT molecular complexity index is 891. The Morgan fingerprint density at radius 1 is 1.21 bits per heavy atom. The normalized spacial score (nSPS) is 11.9. The van der Waals surface area contributed by atoms with E-state index in [2.05, 4.69) is 5.16 Å². The highest BCUT2D eigenvalue weighted by Gasteiger charge is 2.30. The maximum absolute atomic E-state index is 12.6. The maximum atomic E-state index is 12.6. The third kappa shape index (κ3) is 3.41. The van der Waals surface area contributed by atoms with E-state index < -0.39 is 15.9 Å². The van der Waals surface area contributed by atoms with Crippen LogP contribution in [-0.2, 0) is 14.8 Å². The molecule has 0 radical (unpaired) electrons. The molecule has 0 aliphatic rings. The van der Waals surface area contributed by atoms with Gasteiger partial charge >= 0.3 is 0 Å². The van der Waals surface area contributed by atoms with E-state index in [0.717, 1.165) is 16.7 Å². The SMILES string of the molecule is Cc1ccc(/C=C/C(=O)N(C)S(=O)(=O)c2c(C)noc2C)c(C)c1. The second-order valence-electron chi connectivity index (χ2n) is 5.66. The first-order valence-corrected chi connectivity index (χ1v) is 8.79. The van der Waals surface area contributed by atoms with Crippen LogP contribution in [0.15, 0.2) is 33.7 Å².